The number of amides is 4. The van der Waals surface area contributed by atoms with Crippen molar-refractivity contribution in [2.24, 2.45) is 0 Å². The van der Waals surface area contributed by atoms with Crippen LogP contribution in [-0.2, 0) is 14.3 Å². The molecule has 4 amide bonds. The van der Waals surface area contributed by atoms with Crippen molar-refractivity contribution in [3.63, 3.8) is 0 Å². The van der Waals surface area contributed by atoms with Crippen LogP contribution in [0.4, 0.5) is 10.5 Å². The van der Waals surface area contributed by atoms with E-state index in [0.29, 0.717) is 37.2 Å². The van der Waals surface area contributed by atoms with Gasteiger partial charge in [-0.05, 0) is 50.2 Å². The van der Waals surface area contributed by atoms with E-state index in [2.05, 4.69) is 29.4 Å². The Bertz CT molecular complexity index is 844. The Hall–Kier alpha value is -2.94. The first-order valence-electron chi connectivity index (χ1n) is 11.3. The highest BCUT2D eigenvalue weighted by Gasteiger charge is 2.51. The maximum Gasteiger partial charge on any atom is 0.338 e. The fourth-order valence-electron chi connectivity index (χ4n) is 4.24. The normalized spacial score (nSPS) is 17.5. The van der Waals surface area contributed by atoms with Gasteiger partial charge in [0.25, 0.3) is 5.91 Å². The van der Waals surface area contributed by atoms with Gasteiger partial charge in [0.05, 0.1) is 5.56 Å². The second-order valence-electron chi connectivity index (χ2n) is 8.25. The lowest BCUT2D eigenvalue weighted by Crippen LogP contribution is -2.48. The molecule has 174 valence electrons. The number of rotatable bonds is 9. The van der Waals surface area contributed by atoms with E-state index >= 15 is 0 Å². The third kappa shape index (κ3) is 5.45. The summed E-state index contributed by atoms with van der Waals surface area (Å²) in [6.07, 6.45) is 4.04. The Morgan fingerprint density at radius 2 is 1.75 bits per heavy atom. The predicted molar refractivity (Wildman–Crippen MR) is 119 cm³/mol. The number of carbonyl (C=O) groups excluding carboxylic acids is 4. The Labute approximate surface area is 188 Å². The van der Waals surface area contributed by atoms with Crippen LogP contribution in [0.3, 0.4) is 0 Å². The molecule has 0 aromatic heterocycles. The molecule has 9 nitrogen and oxygen atoms in total. The third-order valence-corrected chi connectivity index (χ3v) is 6.19. The van der Waals surface area contributed by atoms with Crippen LogP contribution in [-0.4, -0.2) is 71.9 Å². The van der Waals surface area contributed by atoms with Gasteiger partial charge in [-0.1, -0.05) is 33.1 Å². The predicted octanol–water partition coefficient (Wildman–Crippen LogP) is 2.38. The fourth-order valence-corrected chi connectivity index (χ4v) is 4.24. The lowest BCUT2D eigenvalue weighted by atomic mass is 9.82. The smallest absolute Gasteiger partial charge is 0.338 e. The van der Waals surface area contributed by atoms with Crippen LogP contribution >= 0.6 is 0 Å². The summed E-state index contributed by atoms with van der Waals surface area (Å²) >= 11 is 0. The number of carbonyl (C=O) groups is 4. The summed E-state index contributed by atoms with van der Waals surface area (Å²) in [5, 5.41) is 5.46. The van der Waals surface area contributed by atoms with Gasteiger partial charge in [0.15, 0.2) is 0 Å². The van der Waals surface area contributed by atoms with E-state index < -0.39 is 23.4 Å². The minimum atomic E-state index is -0.844. The third-order valence-electron chi connectivity index (χ3n) is 6.19. The molecule has 1 heterocycles. The molecule has 1 saturated carbocycles. The van der Waals surface area contributed by atoms with Crippen molar-refractivity contribution in [1.29, 1.82) is 0 Å². The summed E-state index contributed by atoms with van der Waals surface area (Å²) in [6.45, 7) is 6.55. The lowest BCUT2D eigenvalue weighted by molar-refractivity contribution is -0.134. The Balaban J connectivity index is 1.50. The maximum atomic E-state index is 12.8. The molecule has 0 bridgehead atoms. The number of imide groups is 1. The number of ether oxygens (including phenoxy) is 1. The van der Waals surface area contributed by atoms with E-state index in [1.165, 1.54) is 0 Å². The van der Waals surface area contributed by atoms with Crippen molar-refractivity contribution in [3.8, 4) is 0 Å². The summed E-state index contributed by atoms with van der Waals surface area (Å²) in [4.78, 5) is 52.8. The zero-order chi connectivity index (χ0) is 23.1. The van der Waals surface area contributed by atoms with Gasteiger partial charge in [-0.25, -0.2) is 9.59 Å². The van der Waals surface area contributed by atoms with Crippen molar-refractivity contribution in [2.45, 2.75) is 51.5 Å². The van der Waals surface area contributed by atoms with Gasteiger partial charge in [-0.15, -0.1) is 0 Å². The molecule has 32 heavy (non-hydrogen) atoms. The number of benzene rings is 1. The molecule has 2 fully saturated rings. The van der Waals surface area contributed by atoms with Crippen LogP contribution in [0.1, 0.15) is 56.3 Å². The quantitative estimate of drug-likeness (QED) is 0.447. The molecule has 1 saturated heterocycles. The van der Waals surface area contributed by atoms with E-state index in [4.69, 9.17) is 4.74 Å². The number of likely N-dealkylation sites (N-methyl/N-ethyl adjacent to an activating group) is 1. The molecule has 3 rings (SSSR count). The van der Waals surface area contributed by atoms with Gasteiger partial charge in [0, 0.05) is 12.2 Å². The van der Waals surface area contributed by atoms with Gasteiger partial charge in [-0.2, -0.15) is 0 Å². The molecular formula is C23H32N4O5. The first kappa shape index (κ1) is 23.7. The molecular weight excluding hydrogens is 412 g/mol. The zero-order valence-corrected chi connectivity index (χ0v) is 18.8. The topological polar surface area (TPSA) is 108 Å². The first-order valence-corrected chi connectivity index (χ1v) is 11.3. The van der Waals surface area contributed by atoms with Crippen LogP contribution in [0.15, 0.2) is 24.3 Å². The largest absolute Gasteiger partial charge is 0.461 e. The van der Waals surface area contributed by atoms with Crippen LogP contribution in [0, 0.1) is 0 Å². The summed E-state index contributed by atoms with van der Waals surface area (Å²) in [7, 11) is 0. The molecule has 0 radical (unpaired) electrons. The van der Waals surface area contributed by atoms with E-state index in [-0.39, 0.29) is 12.5 Å². The Morgan fingerprint density at radius 3 is 2.38 bits per heavy atom. The fraction of sp³-hybridized carbons (Fsp3) is 0.565. The molecule has 1 aromatic rings. The zero-order valence-electron chi connectivity index (χ0n) is 18.8. The Kier molecular flexibility index (Phi) is 7.84. The summed E-state index contributed by atoms with van der Waals surface area (Å²) in [5.74, 6) is -1.22. The summed E-state index contributed by atoms with van der Waals surface area (Å²) in [5.41, 5.74) is 0.00753. The van der Waals surface area contributed by atoms with Gasteiger partial charge >= 0.3 is 12.0 Å². The van der Waals surface area contributed by atoms with Crippen LogP contribution in [0.25, 0.3) is 0 Å². The van der Waals surface area contributed by atoms with Crippen LogP contribution in [0.5, 0.6) is 0 Å². The molecule has 9 heteroatoms. The summed E-state index contributed by atoms with van der Waals surface area (Å²) < 4.78 is 5.29. The average Bonchev–Trinajstić information content (AvgIpc) is 3.01. The van der Waals surface area contributed by atoms with Gasteiger partial charge in [0.2, 0.25) is 5.91 Å². The van der Waals surface area contributed by atoms with Crippen LogP contribution in [0.2, 0.25) is 0 Å². The second kappa shape index (κ2) is 10.6. The SMILES string of the molecule is CCN(CC)CCOC(=O)c1ccc(NC(=O)CN2C(=O)NC3(CCCCC3)C2=O)cc1. The number of hydrogen-bond donors (Lipinski definition) is 2. The van der Waals surface area contributed by atoms with Crippen molar-refractivity contribution in [2.75, 3.05) is 38.1 Å². The standard InChI is InChI=1S/C23H32N4O5/c1-3-26(4-2)14-15-32-20(29)17-8-10-18(11-9-17)24-19(28)16-27-21(30)23(25-22(27)31)12-6-5-7-13-23/h8-11H,3-7,12-16H2,1-2H3,(H,24,28)(H,25,31). The number of esters is 1. The summed E-state index contributed by atoms with van der Waals surface area (Å²) in [6, 6.07) is 5.80. The number of urea groups is 1. The van der Waals surface area contributed by atoms with Crippen LogP contribution < -0.4 is 10.6 Å². The second-order valence-corrected chi connectivity index (χ2v) is 8.25. The van der Waals surface area contributed by atoms with E-state index in [1.54, 1.807) is 24.3 Å². The van der Waals surface area contributed by atoms with Crippen molar-refractivity contribution >= 4 is 29.5 Å². The van der Waals surface area contributed by atoms with Crippen molar-refractivity contribution < 1.29 is 23.9 Å². The van der Waals surface area contributed by atoms with Gasteiger partial charge < -0.3 is 20.3 Å². The highest BCUT2D eigenvalue weighted by Crippen LogP contribution is 2.33. The average molecular weight is 445 g/mol. The number of hydrogen-bond acceptors (Lipinski definition) is 6. The van der Waals surface area contributed by atoms with E-state index in [9.17, 15) is 19.2 Å². The number of anilines is 1. The minimum absolute atomic E-state index is 0.312. The number of nitrogens with one attached hydrogen (secondary N) is 2. The highest BCUT2D eigenvalue weighted by atomic mass is 16.5. The lowest BCUT2D eigenvalue weighted by Gasteiger charge is -2.30. The van der Waals surface area contributed by atoms with Crippen molar-refractivity contribution in [1.82, 2.24) is 15.1 Å². The molecule has 0 unspecified atom stereocenters. The van der Waals surface area contributed by atoms with Crippen molar-refractivity contribution in [3.05, 3.63) is 29.8 Å². The first-order chi connectivity index (χ1) is 15.4. The monoisotopic (exact) mass is 444 g/mol. The van der Waals surface area contributed by atoms with Gasteiger partial charge in [-0.3, -0.25) is 14.5 Å². The molecule has 1 spiro atoms. The molecule has 2 aliphatic rings. The number of nitrogens with zero attached hydrogens (tertiary/aromatic N) is 2. The Morgan fingerprint density at radius 1 is 1.09 bits per heavy atom. The highest BCUT2D eigenvalue weighted by molar-refractivity contribution is 6.10. The molecule has 1 aromatic carbocycles. The van der Waals surface area contributed by atoms with Gasteiger partial charge in [0.1, 0.15) is 18.7 Å². The molecule has 1 aliphatic heterocycles. The molecule has 2 N–H and O–H groups in total. The maximum absolute atomic E-state index is 12.8. The minimum Gasteiger partial charge on any atom is -0.461 e. The van der Waals surface area contributed by atoms with E-state index in [0.717, 1.165) is 37.3 Å². The molecule has 0 atom stereocenters. The van der Waals surface area contributed by atoms with E-state index in [1.807, 2.05) is 0 Å². The molecule has 1 aliphatic carbocycles.